The molecule has 2 aromatic rings. The molecule has 0 aliphatic heterocycles. The van der Waals surface area contributed by atoms with Gasteiger partial charge in [0, 0.05) is 6.04 Å². The minimum Gasteiger partial charge on any atom is -0.408 e. The van der Waals surface area contributed by atoms with Crippen LogP contribution < -0.4 is 11.5 Å². The third kappa shape index (κ3) is 2.52. The molecule has 0 amide bonds. The van der Waals surface area contributed by atoms with Gasteiger partial charge in [-0.1, -0.05) is 6.07 Å². The number of fused-ring (bicyclic) bond motifs is 1. The molecule has 0 saturated heterocycles. The highest BCUT2D eigenvalue weighted by atomic mass is 16.4. The second-order valence-corrected chi connectivity index (χ2v) is 4.21. The van der Waals surface area contributed by atoms with Crippen molar-refractivity contribution in [1.29, 1.82) is 0 Å². The standard InChI is InChI=1S/C12H16N2O2/c1-8(13)3-2-4-9-5-6-10-11(7-9)16-12(15)14-10/h5-8H,2-4,13H2,1H3,(H,14,15). The first-order chi connectivity index (χ1) is 7.65. The first-order valence-corrected chi connectivity index (χ1v) is 5.52. The van der Waals surface area contributed by atoms with Gasteiger partial charge >= 0.3 is 5.76 Å². The maximum atomic E-state index is 11.0. The molecule has 1 heterocycles. The van der Waals surface area contributed by atoms with Crippen molar-refractivity contribution in [3.8, 4) is 0 Å². The fraction of sp³-hybridized carbons (Fsp3) is 0.417. The molecule has 1 aromatic carbocycles. The maximum Gasteiger partial charge on any atom is 0.417 e. The van der Waals surface area contributed by atoms with E-state index in [2.05, 4.69) is 4.98 Å². The lowest BCUT2D eigenvalue weighted by Crippen LogP contribution is -2.14. The lowest BCUT2D eigenvalue weighted by molar-refractivity contribution is 0.554. The van der Waals surface area contributed by atoms with Crippen LogP contribution in [0.4, 0.5) is 0 Å². The smallest absolute Gasteiger partial charge is 0.408 e. The number of oxazole rings is 1. The summed E-state index contributed by atoms with van der Waals surface area (Å²) in [6.45, 7) is 2.01. The quantitative estimate of drug-likeness (QED) is 0.825. The van der Waals surface area contributed by atoms with Crippen LogP contribution in [0, 0.1) is 0 Å². The van der Waals surface area contributed by atoms with E-state index < -0.39 is 5.76 Å². The van der Waals surface area contributed by atoms with Gasteiger partial charge in [0.05, 0.1) is 5.52 Å². The molecule has 0 bridgehead atoms. The molecule has 1 aromatic heterocycles. The van der Waals surface area contributed by atoms with Gasteiger partial charge in [0.1, 0.15) is 0 Å². The zero-order chi connectivity index (χ0) is 11.5. The summed E-state index contributed by atoms with van der Waals surface area (Å²) >= 11 is 0. The first kappa shape index (κ1) is 11.0. The van der Waals surface area contributed by atoms with E-state index in [1.54, 1.807) is 0 Å². The van der Waals surface area contributed by atoms with Crippen LogP contribution in [0.25, 0.3) is 11.1 Å². The number of nitrogens with one attached hydrogen (secondary N) is 1. The van der Waals surface area contributed by atoms with Crippen molar-refractivity contribution in [2.45, 2.75) is 32.2 Å². The number of hydrogen-bond acceptors (Lipinski definition) is 3. The Kier molecular flexibility index (Phi) is 3.10. The molecule has 1 atom stereocenters. The highest BCUT2D eigenvalue weighted by Crippen LogP contribution is 2.14. The molecule has 0 aliphatic carbocycles. The number of H-pyrrole nitrogens is 1. The monoisotopic (exact) mass is 220 g/mol. The van der Waals surface area contributed by atoms with Gasteiger partial charge in [-0.3, -0.25) is 4.98 Å². The van der Waals surface area contributed by atoms with Crippen LogP contribution in [0.5, 0.6) is 0 Å². The third-order valence-corrected chi connectivity index (χ3v) is 2.61. The van der Waals surface area contributed by atoms with Crippen molar-refractivity contribution >= 4 is 11.1 Å². The normalized spacial score (nSPS) is 13.1. The van der Waals surface area contributed by atoms with Crippen LogP contribution in [0.15, 0.2) is 27.4 Å². The second kappa shape index (κ2) is 4.53. The van der Waals surface area contributed by atoms with E-state index in [9.17, 15) is 4.79 Å². The van der Waals surface area contributed by atoms with Crippen LogP contribution >= 0.6 is 0 Å². The Morgan fingerprint density at radius 3 is 3.06 bits per heavy atom. The van der Waals surface area contributed by atoms with Crippen LogP contribution in [-0.4, -0.2) is 11.0 Å². The molecule has 3 N–H and O–H groups in total. The van der Waals surface area contributed by atoms with Gasteiger partial charge in [-0.15, -0.1) is 0 Å². The Balaban J connectivity index is 2.10. The topological polar surface area (TPSA) is 72.0 Å². The highest BCUT2D eigenvalue weighted by Gasteiger charge is 2.02. The summed E-state index contributed by atoms with van der Waals surface area (Å²) in [5.74, 6) is -0.400. The van der Waals surface area contributed by atoms with Gasteiger partial charge in [-0.25, -0.2) is 4.79 Å². The molecule has 86 valence electrons. The van der Waals surface area contributed by atoms with Crippen molar-refractivity contribution in [3.05, 3.63) is 34.3 Å². The van der Waals surface area contributed by atoms with Gasteiger partial charge in [0.2, 0.25) is 0 Å². The van der Waals surface area contributed by atoms with Crippen molar-refractivity contribution in [1.82, 2.24) is 4.98 Å². The zero-order valence-electron chi connectivity index (χ0n) is 9.32. The number of aromatic nitrogens is 1. The summed E-state index contributed by atoms with van der Waals surface area (Å²) in [5, 5.41) is 0. The van der Waals surface area contributed by atoms with Crippen molar-refractivity contribution in [2.75, 3.05) is 0 Å². The number of benzene rings is 1. The van der Waals surface area contributed by atoms with E-state index in [-0.39, 0.29) is 6.04 Å². The average molecular weight is 220 g/mol. The summed E-state index contributed by atoms with van der Waals surface area (Å²) in [7, 11) is 0. The molecule has 2 rings (SSSR count). The number of aromatic amines is 1. The number of hydrogen-bond donors (Lipinski definition) is 2. The Morgan fingerprint density at radius 1 is 1.50 bits per heavy atom. The van der Waals surface area contributed by atoms with Gasteiger partial charge in [-0.2, -0.15) is 0 Å². The third-order valence-electron chi connectivity index (χ3n) is 2.61. The lowest BCUT2D eigenvalue weighted by atomic mass is 10.1. The van der Waals surface area contributed by atoms with Crippen LogP contribution in [-0.2, 0) is 6.42 Å². The summed E-state index contributed by atoms with van der Waals surface area (Å²) in [5.41, 5.74) is 8.24. The molecule has 16 heavy (non-hydrogen) atoms. The predicted molar refractivity (Wildman–Crippen MR) is 63.4 cm³/mol. The van der Waals surface area contributed by atoms with E-state index in [4.69, 9.17) is 10.2 Å². The number of nitrogens with two attached hydrogens (primary N) is 1. The SMILES string of the molecule is CC(N)CCCc1ccc2[nH]c(=O)oc2c1. The summed E-state index contributed by atoms with van der Waals surface area (Å²) < 4.78 is 5.00. The minimum absolute atomic E-state index is 0.244. The van der Waals surface area contributed by atoms with Gasteiger partial charge in [0.25, 0.3) is 0 Å². The van der Waals surface area contributed by atoms with Crippen LogP contribution in [0.3, 0.4) is 0 Å². The second-order valence-electron chi connectivity index (χ2n) is 4.21. The summed E-state index contributed by atoms with van der Waals surface area (Å²) in [6.07, 6.45) is 3.03. The molecular formula is C12H16N2O2. The van der Waals surface area contributed by atoms with Crippen molar-refractivity contribution < 1.29 is 4.42 Å². The van der Waals surface area contributed by atoms with E-state index in [0.29, 0.717) is 5.58 Å². The molecule has 1 unspecified atom stereocenters. The molecule has 4 heteroatoms. The Labute approximate surface area is 93.5 Å². The lowest BCUT2D eigenvalue weighted by Gasteiger charge is -2.04. The van der Waals surface area contributed by atoms with Crippen molar-refractivity contribution in [3.63, 3.8) is 0 Å². The first-order valence-electron chi connectivity index (χ1n) is 5.52. The average Bonchev–Trinajstić information content (AvgIpc) is 2.56. The molecular weight excluding hydrogens is 204 g/mol. The molecule has 0 fully saturated rings. The van der Waals surface area contributed by atoms with Crippen molar-refractivity contribution in [2.24, 2.45) is 5.73 Å². The summed E-state index contributed by atoms with van der Waals surface area (Å²) in [4.78, 5) is 13.6. The Hall–Kier alpha value is -1.55. The van der Waals surface area contributed by atoms with Gasteiger partial charge < -0.3 is 10.2 Å². The predicted octanol–water partition coefficient (Wildman–Crippen LogP) is 1.79. The fourth-order valence-electron chi connectivity index (χ4n) is 1.77. The Morgan fingerprint density at radius 2 is 2.31 bits per heavy atom. The maximum absolute atomic E-state index is 11.0. The van der Waals surface area contributed by atoms with E-state index in [1.165, 1.54) is 5.56 Å². The Bertz CT molecular complexity index is 525. The van der Waals surface area contributed by atoms with E-state index in [0.717, 1.165) is 24.8 Å². The molecule has 0 saturated carbocycles. The van der Waals surface area contributed by atoms with Crippen LogP contribution in [0.2, 0.25) is 0 Å². The molecule has 0 spiro atoms. The van der Waals surface area contributed by atoms with Crippen LogP contribution in [0.1, 0.15) is 25.3 Å². The zero-order valence-corrected chi connectivity index (χ0v) is 9.32. The van der Waals surface area contributed by atoms with E-state index in [1.807, 2.05) is 25.1 Å². The fourth-order valence-corrected chi connectivity index (χ4v) is 1.77. The number of aryl methyl sites for hydroxylation is 1. The number of rotatable bonds is 4. The highest BCUT2D eigenvalue weighted by molar-refractivity contribution is 5.72. The largest absolute Gasteiger partial charge is 0.417 e. The van der Waals surface area contributed by atoms with Gasteiger partial charge in [-0.05, 0) is 43.9 Å². The minimum atomic E-state index is -0.400. The molecule has 0 radical (unpaired) electrons. The molecule has 4 nitrogen and oxygen atoms in total. The summed E-state index contributed by atoms with van der Waals surface area (Å²) in [6, 6.07) is 6.04. The van der Waals surface area contributed by atoms with E-state index >= 15 is 0 Å². The molecule has 0 aliphatic rings. The van der Waals surface area contributed by atoms with Gasteiger partial charge in [0.15, 0.2) is 5.58 Å².